The van der Waals surface area contributed by atoms with Crippen LogP contribution in [0.2, 0.25) is 0 Å². The molecule has 1 fully saturated rings. The van der Waals surface area contributed by atoms with E-state index in [0.29, 0.717) is 5.56 Å². The Morgan fingerprint density at radius 1 is 1.38 bits per heavy atom. The van der Waals surface area contributed by atoms with E-state index in [9.17, 15) is 18.5 Å². The number of nitrogens with zero attached hydrogens (tertiary/aromatic N) is 2. The van der Waals surface area contributed by atoms with Crippen LogP contribution in [0, 0.1) is 17.0 Å². The van der Waals surface area contributed by atoms with Crippen LogP contribution < -0.4 is 0 Å². The van der Waals surface area contributed by atoms with Gasteiger partial charge in [0, 0.05) is 18.7 Å². The van der Waals surface area contributed by atoms with Crippen LogP contribution in [0.5, 0.6) is 0 Å². The number of morpholine rings is 1. The molecule has 7 nitrogen and oxygen atoms in total. The van der Waals surface area contributed by atoms with Crippen LogP contribution in [0.25, 0.3) is 0 Å². The maximum Gasteiger partial charge on any atom is 0.289 e. The number of aryl methyl sites for hydroxylation is 1. The molecule has 8 heteroatoms. The van der Waals surface area contributed by atoms with Crippen molar-refractivity contribution in [3.63, 3.8) is 0 Å². The van der Waals surface area contributed by atoms with Gasteiger partial charge in [-0.05, 0) is 26.3 Å². The second-order valence-electron chi connectivity index (χ2n) is 5.25. The van der Waals surface area contributed by atoms with Crippen LogP contribution >= 0.6 is 0 Å². The fourth-order valence-electron chi connectivity index (χ4n) is 2.44. The van der Waals surface area contributed by atoms with Crippen LogP contribution in [0.3, 0.4) is 0 Å². The van der Waals surface area contributed by atoms with Gasteiger partial charge in [-0.25, -0.2) is 8.42 Å². The molecule has 0 saturated carbocycles. The number of benzene rings is 1. The molecule has 21 heavy (non-hydrogen) atoms. The average Bonchev–Trinajstić information content (AvgIpc) is 2.40. The van der Waals surface area contributed by atoms with Crippen LogP contribution in [-0.4, -0.2) is 42.9 Å². The summed E-state index contributed by atoms with van der Waals surface area (Å²) in [6, 6.07) is 3.91. The molecule has 0 amide bonds. The Balaban J connectivity index is 2.56. The molecular formula is C13H18N2O5S. The van der Waals surface area contributed by atoms with Gasteiger partial charge in [0.15, 0.2) is 4.90 Å². The molecule has 0 bridgehead atoms. The minimum Gasteiger partial charge on any atom is -0.375 e. The van der Waals surface area contributed by atoms with Crippen molar-refractivity contribution in [2.75, 3.05) is 13.2 Å². The Hall–Kier alpha value is -1.51. The van der Waals surface area contributed by atoms with Crippen LogP contribution in [0.1, 0.15) is 19.4 Å². The average molecular weight is 314 g/mol. The summed E-state index contributed by atoms with van der Waals surface area (Å²) >= 11 is 0. The molecule has 116 valence electrons. The van der Waals surface area contributed by atoms with Gasteiger partial charge in [0.2, 0.25) is 0 Å². The van der Waals surface area contributed by atoms with E-state index >= 15 is 0 Å². The van der Waals surface area contributed by atoms with Crippen molar-refractivity contribution < 1.29 is 18.1 Å². The van der Waals surface area contributed by atoms with Gasteiger partial charge in [-0.2, -0.15) is 4.31 Å². The zero-order chi connectivity index (χ0) is 15.8. The maximum absolute atomic E-state index is 12.9. The second-order valence-corrected chi connectivity index (χ2v) is 7.08. The molecule has 2 atom stereocenters. The Morgan fingerprint density at radius 2 is 2.05 bits per heavy atom. The highest BCUT2D eigenvalue weighted by Crippen LogP contribution is 2.31. The van der Waals surface area contributed by atoms with Crippen molar-refractivity contribution in [2.45, 2.75) is 37.8 Å². The third kappa shape index (κ3) is 2.92. The molecule has 0 spiro atoms. The van der Waals surface area contributed by atoms with E-state index in [1.165, 1.54) is 16.4 Å². The standard InChI is InChI=1S/C13H18N2O5S/c1-9-5-4-6-12(15(16)17)13(9)21(18,19)14-7-11(3)20-8-10(14)2/h4-6,10-11H,7-8H2,1-3H3/t10-,11-/m1/s1. The lowest BCUT2D eigenvalue weighted by Crippen LogP contribution is -2.50. The number of nitro groups is 1. The molecule has 1 aliphatic rings. The van der Waals surface area contributed by atoms with Crippen LogP contribution in [0.15, 0.2) is 23.1 Å². The summed E-state index contributed by atoms with van der Waals surface area (Å²) in [6.45, 7) is 5.54. The van der Waals surface area contributed by atoms with Crippen molar-refractivity contribution in [3.05, 3.63) is 33.9 Å². The van der Waals surface area contributed by atoms with E-state index in [-0.39, 0.29) is 35.9 Å². The number of hydrogen-bond donors (Lipinski definition) is 0. The van der Waals surface area contributed by atoms with E-state index in [2.05, 4.69) is 0 Å². The summed E-state index contributed by atoms with van der Waals surface area (Å²) in [5.74, 6) is 0. The molecule has 1 aromatic carbocycles. The first-order chi connectivity index (χ1) is 9.75. The highest BCUT2D eigenvalue weighted by molar-refractivity contribution is 7.89. The number of hydrogen-bond acceptors (Lipinski definition) is 5. The van der Waals surface area contributed by atoms with Crippen molar-refractivity contribution in [3.8, 4) is 0 Å². The van der Waals surface area contributed by atoms with Gasteiger partial charge in [0.1, 0.15) is 0 Å². The topological polar surface area (TPSA) is 89.8 Å². The Kier molecular flexibility index (Phi) is 4.31. The van der Waals surface area contributed by atoms with Gasteiger partial charge >= 0.3 is 0 Å². The SMILES string of the molecule is Cc1cccc([N+](=O)[O-])c1S(=O)(=O)N1C[C@@H](C)OC[C@H]1C. The first-order valence-electron chi connectivity index (χ1n) is 6.62. The predicted octanol–water partition coefficient (Wildman–Crippen LogP) is 1.70. The summed E-state index contributed by atoms with van der Waals surface area (Å²) < 4.78 is 32.4. The third-order valence-electron chi connectivity index (χ3n) is 3.51. The minimum atomic E-state index is -3.94. The van der Waals surface area contributed by atoms with E-state index in [4.69, 9.17) is 4.74 Å². The Morgan fingerprint density at radius 3 is 2.67 bits per heavy atom. The number of rotatable bonds is 3. The predicted molar refractivity (Wildman–Crippen MR) is 76.6 cm³/mol. The monoisotopic (exact) mass is 314 g/mol. The minimum absolute atomic E-state index is 0.189. The van der Waals surface area contributed by atoms with E-state index in [1.54, 1.807) is 26.8 Å². The lowest BCUT2D eigenvalue weighted by molar-refractivity contribution is -0.388. The smallest absolute Gasteiger partial charge is 0.289 e. The van der Waals surface area contributed by atoms with Crippen LogP contribution in [0.4, 0.5) is 5.69 Å². The molecular weight excluding hydrogens is 296 g/mol. The number of sulfonamides is 1. The maximum atomic E-state index is 12.9. The van der Waals surface area contributed by atoms with Gasteiger partial charge in [-0.15, -0.1) is 0 Å². The van der Waals surface area contributed by atoms with Crippen molar-refractivity contribution >= 4 is 15.7 Å². The van der Waals surface area contributed by atoms with Gasteiger partial charge in [-0.3, -0.25) is 10.1 Å². The summed E-state index contributed by atoms with van der Waals surface area (Å²) in [6.07, 6.45) is -0.237. The summed E-state index contributed by atoms with van der Waals surface area (Å²) in [4.78, 5) is 10.3. The quantitative estimate of drug-likeness (QED) is 0.625. The van der Waals surface area contributed by atoms with E-state index in [1.807, 2.05) is 0 Å². The molecule has 2 rings (SSSR count). The van der Waals surface area contributed by atoms with Crippen LogP contribution in [-0.2, 0) is 14.8 Å². The molecule has 0 aliphatic carbocycles. The Labute approximate surface area is 123 Å². The highest BCUT2D eigenvalue weighted by atomic mass is 32.2. The second kappa shape index (κ2) is 5.70. The van der Waals surface area contributed by atoms with E-state index in [0.717, 1.165) is 0 Å². The molecule has 1 saturated heterocycles. The largest absolute Gasteiger partial charge is 0.375 e. The molecule has 0 unspecified atom stereocenters. The summed E-state index contributed by atoms with van der Waals surface area (Å²) in [7, 11) is -3.94. The summed E-state index contributed by atoms with van der Waals surface area (Å²) in [5, 5.41) is 11.1. The zero-order valence-corrected chi connectivity index (χ0v) is 13.0. The molecule has 0 radical (unpaired) electrons. The summed E-state index contributed by atoms with van der Waals surface area (Å²) in [5.41, 5.74) is -0.0168. The normalized spacial score (nSPS) is 24.0. The van der Waals surface area contributed by atoms with Crippen molar-refractivity contribution in [1.82, 2.24) is 4.31 Å². The lowest BCUT2D eigenvalue weighted by atomic mass is 10.2. The fraction of sp³-hybridized carbons (Fsp3) is 0.538. The molecule has 0 N–H and O–H groups in total. The van der Waals surface area contributed by atoms with E-state index < -0.39 is 14.9 Å². The zero-order valence-electron chi connectivity index (χ0n) is 12.1. The number of nitro benzene ring substituents is 1. The molecule has 1 heterocycles. The molecule has 1 aliphatic heterocycles. The van der Waals surface area contributed by atoms with Gasteiger partial charge < -0.3 is 4.74 Å². The molecule has 1 aromatic rings. The first-order valence-corrected chi connectivity index (χ1v) is 8.06. The highest BCUT2D eigenvalue weighted by Gasteiger charge is 2.38. The Bertz CT molecular complexity index is 659. The van der Waals surface area contributed by atoms with Crippen molar-refractivity contribution in [1.29, 1.82) is 0 Å². The lowest BCUT2D eigenvalue weighted by Gasteiger charge is -2.35. The number of ether oxygens (including phenoxy) is 1. The third-order valence-corrected chi connectivity index (χ3v) is 5.68. The van der Waals surface area contributed by atoms with Gasteiger partial charge in [0.25, 0.3) is 15.7 Å². The fourth-order valence-corrected chi connectivity index (χ4v) is 4.50. The van der Waals surface area contributed by atoms with Gasteiger partial charge in [-0.1, -0.05) is 12.1 Å². The molecule has 0 aromatic heterocycles. The first kappa shape index (κ1) is 15.9. The van der Waals surface area contributed by atoms with Gasteiger partial charge in [0.05, 0.1) is 17.6 Å². The van der Waals surface area contributed by atoms with Crippen molar-refractivity contribution in [2.24, 2.45) is 0 Å².